The van der Waals surface area contributed by atoms with Crippen LogP contribution in [0.3, 0.4) is 0 Å². The Balaban J connectivity index is 2.50. The number of carbonyl (C=O) groups is 3. The fourth-order valence-corrected chi connectivity index (χ4v) is 1.73. The number of rotatable bonds is 8. The highest BCUT2D eigenvalue weighted by Gasteiger charge is 2.14. The van der Waals surface area contributed by atoms with Crippen molar-refractivity contribution in [3.63, 3.8) is 0 Å². The number of imide groups is 1. The minimum Gasteiger partial charge on any atom is -0.497 e. The largest absolute Gasteiger partial charge is 0.497 e. The number of urea groups is 1. The van der Waals surface area contributed by atoms with Gasteiger partial charge in [0.1, 0.15) is 11.5 Å². The Hall–Kier alpha value is -2.77. The highest BCUT2D eigenvalue weighted by molar-refractivity contribution is 5.97. The molecule has 132 valence electrons. The van der Waals surface area contributed by atoms with Crippen molar-refractivity contribution in [1.29, 1.82) is 0 Å². The Bertz CT molecular complexity index is 566. The van der Waals surface area contributed by atoms with Crippen LogP contribution in [0.4, 0.5) is 4.79 Å². The summed E-state index contributed by atoms with van der Waals surface area (Å²) in [5, 5.41) is 4.59. The van der Waals surface area contributed by atoms with Gasteiger partial charge in [-0.3, -0.25) is 10.1 Å². The lowest BCUT2D eigenvalue weighted by Gasteiger charge is -2.09. The lowest BCUT2D eigenvalue weighted by atomic mass is 10.2. The number of hydrogen-bond acceptors (Lipinski definition) is 6. The minimum absolute atomic E-state index is 0.173. The molecule has 24 heavy (non-hydrogen) atoms. The Morgan fingerprint density at radius 2 is 1.67 bits per heavy atom. The molecular weight excluding hydrogens is 316 g/mol. The fourth-order valence-electron chi connectivity index (χ4n) is 1.73. The van der Waals surface area contributed by atoms with Crippen LogP contribution in [0.1, 0.15) is 30.1 Å². The third kappa shape index (κ3) is 6.55. The highest BCUT2D eigenvalue weighted by atomic mass is 16.5. The molecule has 0 aliphatic rings. The maximum absolute atomic E-state index is 12.0. The third-order valence-electron chi connectivity index (χ3n) is 2.99. The molecule has 0 aliphatic carbocycles. The molecule has 0 heterocycles. The molecule has 0 radical (unpaired) electrons. The smallest absolute Gasteiger partial charge is 0.338 e. The zero-order valence-corrected chi connectivity index (χ0v) is 14.0. The SMILES string of the molecule is CCCCNC(=O)NC(=O)COC(=O)c1cc(OC)cc(OC)c1. The van der Waals surface area contributed by atoms with E-state index in [0.29, 0.717) is 18.0 Å². The van der Waals surface area contributed by atoms with Crippen LogP contribution in [0.2, 0.25) is 0 Å². The molecule has 0 bridgehead atoms. The van der Waals surface area contributed by atoms with Crippen LogP contribution in [0.25, 0.3) is 0 Å². The molecule has 1 rings (SSSR count). The average molecular weight is 338 g/mol. The predicted molar refractivity (Wildman–Crippen MR) is 86.3 cm³/mol. The molecule has 3 amide bonds. The van der Waals surface area contributed by atoms with Crippen molar-refractivity contribution in [3.05, 3.63) is 23.8 Å². The molecule has 1 aromatic rings. The molecular formula is C16H22N2O6. The van der Waals surface area contributed by atoms with Gasteiger partial charge in [-0.1, -0.05) is 13.3 Å². The van der Waals surface area contributed by atoms with Crippen molar-refractivity contribution < 1.29 is 28.6 Å². The lowest BCUT2D eigenvalue weighted by molar-refractivity contribution is -0.123. The standard InChI is InChI=1S/C16H22N2O6/c1-4-5-6-17-16(21)18-14(19)10-24-15(20)11-7-12(22-2)9-13(8-11)23-3/h7-9H,4-6,10H2,1-3H3,(H2,17,18,19,21). The van der Waals surface area contributed by atoms with E-state index >= 15 is 0 Å². The lowest BCUT2D eigenvalue weighted by Crippen LogP contribution is -2.41. The predicted octanol–water partition coefficient (Wildman–Crippen LogP) is 1.49. The topological polar surface area (TPSA) is 103 Å². The van der Waals surface area contributed by atoms with Crippen molar-refractivity contribution in [2.75, 3.05) is 27.4 Å². The molecule has 0 atom stereocenters. The second-order valence-corrected chi connectivity index (χ2v) is 4.84. The van der Waals surface area contributed by atoms with Crippen molar-refractivity contribution in [2.24, 2.45) is 0 Å². The molecule has 8 heteroatoms. The van der Waals surface area contributed by atoms with E-state index < -0.39 is 24.5 Å². The number of amides is 3. The van der Waals surface area contributed by atoms with E-state index in [1.807, 2.05) is 6.92 Å². The zero-order chi connectivity index (χ0) is 17.9. The molecule has 1 aromatic carbocycles. The number of ether oxygens (including phenoxy) is 3. The first kappa shape index (κ1) is 19.3. The van der Waals surface area contributed by atoms with Gasteiger partial charge in [0.2, 0.25) is 0 Å². The second kappa shape index (κ2) is 10.1. The molecule has 0 saturated carbocycles. The Morgan fingerprint density at radius 1 is 1.04 bits per heavy atom. The summed E-state index contributed by atoms with van der Waals surface area (Å²) in [7, 11) is 2.91. The van der Waals surface area contributed by atoms with Gasteiger partial charge in [0, 0.05) is 12.6 Å². The van der Waals surface area contributed by atoms with Gasteiger partial charge < -0.3 is 19.5 Å². The quantitative estimate of drug-likeness (QED) is 0.550. The second-order valence-electron chi connectivity index (χ2n) is 4.84. The molecule has 0 unspecified atom stereocenters. The van der Waals surface area contributed by atoms with Gasteiger partial charge in [-0.05, 0) is 18.6 Å². The van der Waals surface area contributed by atoms with Crippen molar-refractivity contribution in [2.45, 2.75) is 19.8 Å². The molecule has 0 fully saturated rings. The summed E-state index contributed by atoms with van der Waals surface area (Å²) in [5.74, 6) is -0.608. The molecule has 8 nitrogen and oxygen atoms in total. The summed E-state index contributed by atoms with van der Waals surface area (Å²) in [5.41, 5.74) is 0.173. The van der Waals surface area contributed by atoms with E-state index in [1.54, 1.807) is 6.07 Å². The van der Waals surface area contributed by atoms with Gasteiger partial charge in [-0.25, -0.2) is 9.59 Å². The highest BCUT2D eigenvalue weighted by Crippen LogP contribution is 2.22. The summed E-state index contributed by atoms with van der Waals surface area (Å²) in [6.45, 7) is 1.89. The summed E-state index contributed by atoms with van der Waals surface area (Å²) >= 11 is 0. The Kier molecular flexibility index (Phi) is 8.10. The number of hydrogen-bond donors (Lipinski definition) is 2. The van der Waals surface area contributed by atoms with Crippen molar-refractivity contribution in [1.82, 2.24) is 10.6 Å². The Labute approximate surface area is 140 Å². The monoisotopic (exact) mass is 338 g/mol. The van der Waals surface area contributed by atoms with Gasteiger partial charge >= 0.3 is 12.0 Å². The number of nitrogens with one attached hydrogen (secondary N) is 2. The van der Waals surface area contributed by atoms with Crippen molar-refractivity contribution in [3.8, 4) is 11.5 Å². The minimum atomic E-state index is -0.728. The van der Waals surface area contributed by atoms with Crippen LogP contribution in [0, 0.1) is 0 Å². The van der Waals surface area contributed by atoms with E-state index in [-0.39, 0.29) is 5.56 Å². The maximum atomic E-state index is 12.0. The number of unbranched alkanes of at least 4 members (excludes halogenated alkanes) is 1. The van der Waals surface area contributed by atoms with Crippen LogP contribution in [-0.4, -0.2) is 45.3 Å². The summed E-state index contributed by atoms with van der Waals surface area (Å²) in [4.78, 5) is 34.9. The van der Waals surface area contributed by atoms with Crippen LogP contribution in [0.15, 0.2) is 18.2 Å². The zero-order valence-electron chi connectivity index (χ0n) is 14.0. The Morgan fingerprint density at radius 3 is 2.21 bits per heavy atom. The molecule has 0 spiro atoms. The number of esters is 1. The maximum Gasteiger partial charge on any atom is 0.338 e. The van der Waals surface area contributed by atoms with E-state index in [0.717, 1.165) is 12.8 Å². The van der Waals surface area contributed by atoms with E-state index in [2.05, 4.69) is 10.6 Å². The first-order valence-corrected chi connectivity index (χ1v) is 7.48. The van der Waals surface area contributed by atoms with Crippen LogP contribution in [-0.2, 0) is 9.53 Å². The number of methoxy groups -OCH3 is 2. The third-order valence-corrected chi connectivity index (χ3v) is 2.99. The van der Waals surface area contributed by atoms with Crippen LogP contribution in [0.5, 0.6) is 11.5 Å². The number of carbonyl (C=O) groups excluding carboxylic acids is 3. The van der Waals surface area contributed by atoms with Crippen molar-refractivity contribution >= 4 is 17.9 Å². The van der Waals surface area contributed by atoms with Gasteiger partial charge in [0.25, 0.3) is 5.91 Å². The first-order valence-electron chi connectivity index (χ1n) is 7.48. The summed E-state index contributed by atoms with van der Waals surface area (Å²) in [6, 6.07) is 3.90. The average Bonchev–Trinajstić information content (AvgIpc) is 2.59. The fraction of sp³-hybridized carbons (Fsp3) is 0.438. The van der Waals surface area contributed by atoms with Crippen LogP contribution < -0.4 is 20.1 Å². The molecule has 0 saturated heterocycles. The molecule has 2 N–H and O–H groups in total. The van der Waals surface area contributed by atoms with Gasteiger partial charge in [-0.2, -0.15) is 0 Å². The van der Waals surface area contributed by atoms with E-state index in [4.69, 9.17) is 14.2 Å². The summed E-state index contributed by atoms with van der Waals surface area (Å²) in [6.07, 6.45) is 1.74. The van der Waals surface area contributed by atoms with E-state index in [1.165, 1.54) is 26.4 Å². The van der Waals surface area contributed by atoms with Gasteiger partial charge in [-0.15, -0.1) is 0 Å². The van der Waals surface area contributed by atoms with Gasteiger partial charge in [0.15, 0.2) is 6.61 Å². The van der Waals surface area contributed by atoms with E-state index in [9.17, 15) is 14.4 Å². The number of benzene rings is 1. The molecule has 0 aromatic heterocycles. The summed E-state index contributed by atoms with van der Waals surface area (Å²) < 4.78 is 15.0. The first-order chi connectivity index (χ1) is 11.5. The van der Waals surface area contributed by atoms with Crippen LogP contribution >= 0.6 is 0 Å². The molecule has 0 aliphatic heterocycles. The normalized spacial score (nSPS) is 9.79. The van der Waals surface area contributed by atoms with Gasteiger partial charge in [0.05, 0.1) is 19.8 Å².